The summed E-state index contributed by atoms with van der Waals surface area (Å²) in [5, 5.41) is 13.8. The monoisotopic (exact) mass is 379 g/mol. The Balaban J connectivity index is 0.00000441. The SMILES string of the molecule is Br.CCCCCCCCCCCCC(C)(O)C1CNCCO1. The van der Waals surface area contributed by atoms with Gasteiger partial charge in [-0.3, -0.25) is 0 Å². The molecule has 0 bridgehead atoms. The van der Waals surface area contributed by atoms with Crippen molar-refractivity contribution in [1.29, 1.82) is 0 Å². The second kappa shape index (κ2) is 13.8. The molecule has 1 aliphatic rings. The first-order valence-corrected chi connectivity index (χ1v) is 9.21. The van der Waals surface area contributed by atoms with E-state index in [4.69, 9.17) is 4.74 Å². The molecule has 0 aromatic heterocycles. The number of ether oxygens (including phenoxy) is 1. The molecule has 0 amide bonds. The third-order valence-corrected chi connectivity index (χ3v) is 4.66. The number of hydrogen-bond acceptors (Lipinski definition) is 3. The minimum atomic E-state index is -0.673. The van der Waals surface area contributed by atoms with E-state index in [1.807, 2.05) is 6.92 Å². The molecule has 0 aromatic carbocycles. The molecular weight excluding hydrogens is 342 g/mol. The molecule has 134 valence electrons. The van der Waals surface area contributed by atoms with Crippen LogP contribution in [0.15, 0.2) is 0 Å². The summed E-state index contributed by atoms with van der Waals surface area (Å²) < 4.78 is 5.67. The van der Waals surface area contributed by atoms with Crippen LogP contribution in [0.25, 0.3) is 0 Å². The van der Waals surface area contributed by atoms with Gasteiger partial charge in [0, 0.05) is 13.1 Å². The number of morpholine rings is 1. The summed E-state index contributed by atoms with van der Waals surface area (Å²) >= 11 is 0. The van der Waals surface area contributed by atoms with Crippen molar-refractivity contribution < 1.29 is 9.84 Å². The molecular formula is C18H38BrNO2. The van der Waals surface area contributed by atoms with Crippen LogP contribution >= 0.6 is 17.0 Å². The zero-order valence-electron chi connectivity index (χ0n) is 14.7. The highest BCUT2D eigenvalue weighted by molar-refractivity contribution is 8.93. The number of nitrogens with one attached hydrogen (secondary N) is 1. The lowest BCUT2D eigenvalue weighted by Crippen LogP contribution is -2.51. The van der Waals surface area contributed by atoms with Crippen molar-refractivity contribution in [2.75, 3.05) is 19.7 Å². The average Bonchev–Trinajstić information content (AvgIpc) is 2.50. The summed E-state index contributed by atoms with van der Waals surface area (Å²) in [6.45, 7) is 6.61. The number of halogens is 1. The second-order valence-corrected chi connectivity index (χ2v) is 6.85. The van der Waals surface area contributed by atoms with Crippen LogP contribution in [0.4, 0.5) is 0 Å². The van der Waals surface area contributed by atoms with Crippen molar-refractivity contribution in [2.24, 2.45) is 0 Å². The minimum absolute atomic E-state index is 0. The number of hydrogen-bond donors (Lipinski definition) is 2. The van der Waals surface area contributed by atoms with E-state index in [0.29, 0.717) is 0 Å². The largest absolute Gasteiger partial charge is 0.387 e. The Kier molecular flexibility index (Phi) is 14.0. The Morgan fingerprint density at radius 1 is 1.00 bits per heavy atom. The van der Waals surface area contributed by atoms with E-state index in [1.165, 1.54) is 57.8 Å². The molecule has 4 heteroatoms. The van der Waals surface area contributed by atoms with Crippen LogP contribution in [0.5, 0.6) is 0 Å². The molecule has 1 saturated heterocycles. The highest BCUT2D eigenvalue weighted by Gasteiger charge is 2.33. The van der Waals surface area contributed by atoms with E-state index in [2.05, 4.69) is 12.2 Å². The fourth-order valence-corrected chi connectivity index (χ4v) is 3.10. The van der Waals surface area contributed by atoms with Crippen LogP contribution in [-0.2, 0) is 4.74 Å². The summed E-state index contributed by atoms with van der Waals surface area (Å²) in [5.74, 6) is 0. The lowest BCUT2D eigenvalue weighted by molar-refractivity contribution is -0.113. The van der Waals surface area contributed by atoms with Gasteiger partial charge in [-0.25, -0.2) is 0 Å². The normalized spacial score (nSPS) is 21.1. The maximum absolute atomic E-state index is 10.5. The molecule has 1 heterocycles. The number of aliphatic hydroxyl groups is 1. The van der Waals surface area contributed by atoms with E-state index in [1.54, 1.807) is 0 Å². The van der Waals surface area contributed by atoms with Crippen molar-refractivity contribution >= 4 is 17.0 Å². The van der Waals surface area contributed by atoms with E-state index in [0.717, 1.165) is 32.5 Å². The maximum atomic E-state index is 10.5. The first-order chi connectivity index (χ1) is 10.2. The molecule has 0 aromatic rings. The summed E-state index contributed by atoms with van der Waals surface area (Å²) in [6, 6.07) is 0. The summed E-state index contributed by atoms with van der Waals surface area (Å²) in [7, 11) is 0. The Labute approximate surface area is 148 Å². The Morgan fingerprint density at radius 3 is 2.05 bits per heavy atom. The zero-order chi connectivity index (χ0) is 15.4. The van der Waals surface area contributed by atoms with E-state index in [-0.39, 0.29) is 23.1 Å². The molecule has 1 aliphatic heterocycles. The first-order valence-electron chi connectivity index (χ1n) is 9.21. The number of rotatable bonds is 12. The molecule has 0 radical (unpaired) electrons. The summed E-state index contributed by atoms with van der Waals surface area (Å²) in [5.41, 5.74) is -0.673. The summed E-state index contributed by atoms with van der Waals surface area (Å²) in [6.07, 6.45) is 14.2. The van der Waals surface area contributed by atoms with Crippen LogP contribution in [0.2, 0.25) is 0 Å². The molecule has 1 rings (SSSR count). The van der Waals surface area contributed by atoms with Gasteiger partial charge in [0.05, 0.1) is 18.3 Å². The zero-order valence-corrected chi connectivity index (χ0v) is 16.5. The molecule has 22 heavy (non-hydrogen) atoms. The van der Waals surface area contributed by atoms with Crippen LogP contribution in [-0.4, -0.2) is 36.5 Å². The lowest BCUT2D eigenvalue weighted by atomic mass is 9.91. The Hall–Kier alpha value is 0.360. The van der Waals surface area contributed by atoms with Crippen molar-refractivity contribution in [1.82, 2.24) is 5.32 Å². The van der Waals surface area contributed by atoms with Gasteiger partial charge in [-0.2, -0.15) is 0 Å². The molecule has 3 nitrogen and oxygen atoms in total. The smallest absolute Gasteiger partial charge is 0.0983 e. The van der Waals surface area contributed by atoms with Crippen molar-refractivity contribution in [3.8, 4) is 0 Å². The van der Waals surface area contributed by atoms with Gasteiger partial charge in [0.25, 0.3) is 0 Å². The van der Waals surface area contributed by atoms with Crippen molar-refractivity contribution in [2.45, 2.75) is 96.2 Å². The van der Waals surface area contributed by atoms with Crippen LogP contribution in [0.3, 0.4) is 0 Å². The Morgan fingerprint density at radius 2 is 1.55 bits per heavy atom. The van der Waals surface area contributed by atoms with Gasteiger partial charge < -0.3 is 15.2 Å². The molecule has 2 atom stereocenters. The molecule has 0 spiro atoms. The highest BCUT2D eigenvalue weighted by atomic mass is 79.9. The van der Waals surface area contributed by atoms with Crippen molar-refractivity contribution in [3.05, 3.63) is 0 Å². The van der Waals surface area contributed by atoms with E-state index < -0.39 is 5.60 Å². The van der Waals surface area contributed by atoms with Gasteiger partial charge in [0.1, 0.15) is 0 Å². The van der Waals surface area contributed by atoms with Gasteiger partial charge in [-0.15, -0.1) is 17.0 Å². The summed E-state index contributed by atoms with van der Waals surface area (Å²) in [4.78, 5) is 0. The second-order valence-electron chi connectivity index (χ2n) is 6.85. The van der Waals surface area contributed by atoms with Crippen LogP contribution in [0.1, 0.15) is 84.5 Å². The topological polar surface area (TPSA) is 41.5 Å². The highest BCUT2D eigenvalue weighted by Crippen LogP contribution is 2.22. The molecule has 0 saturated carbocycles. The van der Waals surface area contributed by atoms with Crippen LogP contribution < -0.4 is 5.32 Å². The van der Waals surface area contributed by atoms with Crippen LogP contribution in [0, 0.1) is 0 Å². The van der Waals surface area contributed by atoms with E-state index >= 15 is 0 Å². The molecule has 1 fully saturated rings. The van der Waals surface area contributed by atoms with E-state index in [9.17, 15) is 5.11 Å². The Bertz CT molecular complexity index is 243. The predicted octanol–water partition coefficient (Wildman–Crippen LogP) is 4.61. The van der Waals surface area contributed by atoms with Gasteiger partial charge in [-0.05, 0) is 13.3 Å². The first kappa shape index (κ1) is 22.4. The van der Waals surface area contributed by atoms with Gasteiger partial charge in [0.2, 0.25) is 0 Å². The molecule has 2 N–H and O–H groups in total. The lowest BCUT2D eigenvalue weighted by Gasteiger charge is -2.35. The molecule has 2 unspecified atom stereocenters. The molecule has 0 aliphatic carbocycles. The van der Waals surface area contributed by atoms with Gasteiger partial charge in [-0.1, -0.05) is 71.1 Å². The third kappa shape index (κ3) is 10.2. The van der Waals surface area contributed by atoms with Gasteiger partial charge in [0.15, 0.2) is 0 Å². The number of unbranched alkanes of at least 4 members (excludes halogenated alkanes) is 9. The fraction of sp³-hybridized carbons (Fsp3) is 1.00. The third-order valence-electron chi connectivity index (χ3n) is 4.66. The maximum Gasteiger partial charge on any atom is 0.0983 e. The average molecular weight is 380 g/mol. The predicted molar refractivity (Wildman–Crippen MR) is 100 cm³/mol. The fourth-order valence-electron chi connectivity index (χ4n) is 3.10. The minimum Gasteiger partial charge on any atom is -0.387 e. The van der Waals surface area contributed by atoms with Gasteiger partial charge >= 0.3 is 0 Å². The quantitative estimate of drug-likeness (QED) is 0.486. The standard InChI is InChI=1S/C18H37NO2.BrH/c1-3-4-5-6-7-8-9-10-11-12-13-18(2,20)17-16-19-14-15-21-17;/h17,19-20H,3-16H2,1-2H3;1H. The van der Waals surface area contributed by atoms with Crippen molar-refractivity contribution in [3.63, 3.8) is 0 Å².